The minimum absolute atomic E-state index is 0.135. The Morgan fingerprint density at radius 1 is 1.22 bits per heavy atom. The molecule has 2 rings (SSSR count). The summed E-state index contributed by atoms with van der Waals surface area (Å²) in [6.45, 7) is 6.03. The average molecular weight is 377 g/mol. The molecule has 4 atom stereocenters. The molecule has 1 N–H and O–H groups in total. The van der Waals surface area contributed by atoms with Gasteiger partial charge in [0.1, 0.15) is 11.6 Å². The van der Waals surface area contributed by atoms with Crippen molar-refractivity contribution in [2.24, 2.45) is 17.8 Å². The van der Waals surface area contributed by atoms with Crippen LogP contribution in [0.4, 0.5) is 0 Å². The van der Waals surface area contributed by atoms with Gasteiger partial charge >= 0.3 is 5.97 Å². The fourth-order valence-electron chi connectivity index (χ4n) is 3.56. The predicted molar refractivity (Wildman–Crippen MR) is 94.7 cm³/mol. The number of hydrogen-bond acceptors (Lipinski definition) is 6. The van der Waals surface area contributed by atoms with Gasteiger partial charge in [0.15, 0.2) is 6.61 Å². The highest BCUT2D eigenvalue weighted by atomic mass is 16.5. The van der Waals surface area contributed by atoms with Gasteiger partial charge in [0.2, 0.25) is 11.8 Å². The standard InChI is InChI=1S/C19H27N3O5/c1-11(2)19(4,10-20)21-15(23)9-27-18(26)12(3)22-16(24)13-7-5-6-8-14(13)17(22)25/h11-14H,5-9H2,1-4H3,(H,21,23)/t12-,13-,14-,19-/m0/s1. The maximum atomic E-state index is 12.5. The molecule has 2 fully saturated rings. The number of fused-ring (bicyclic) bond motifs is 1. The Labute approximate surface area is 159 Å². The van der Waals surface area contributed by atoms with Gasteiger partial charge in [-0.25, -0.2) is 4.79 Å². The number of ether oxygens (including phenoxy) is 1. The van der Waals surface area contributed by atoms with Crippen LogP contribution in [0.3, 0.4) is 0 Å². The largest absolute Gasteiger partial charge is 0.454 e. The van der Waals surface area contributed by atoms with Crippen molar-refractivity contribution in [2.45, 2.75) is 65.0 Å². The van der Waals surface area contributed by atoms with Crippen molar-refractivity contribution >= 4 is 23.7 Å². The molecule has 8 nitrogen and oxygen atoms in total. The van der Waals surface area contributed by atoms with Crippen LogP contribution in [0.2, 0.25) is 0 Å². The van der Waals surface area contributed by atoms with E-state index < -0.39 is 30.1 Å². The third-order valence-corrected chi connectivity index (χ3v) is 5.74. The second kappa shape index (κ2) is 8.07. The Hall–Kier alpha value is -2.43. The number of rotatable bonds is 6. The van der Waals surface area contributed by atoms with Gasteiger partial charge in [0, 0.05) is 0 Å². The highest BCUT2D eigenvalue weighted by Gasteiger charge is 2.51. The molecule has 27 heavy (non-hydrogen) atoms. The van der Waals surface area contributed by atoms with Crippen molar-refractivity contribution in [3.8, 4) is 6.07 Å². The molecule has 0 bridgehead atoms. The summed E-state index contributed by atoms with van der Waals surface area (Å²) >= 11 is 0. The first-order valence-corrected chi connectivity index (χ1v) is 9.38. The molecule has 1 aliphatic carbocycles. The van der Waals surface area contributed by atoms with Crippen molar-refractivity contribution in [3.63, 3.8) is 0 Å². The van der Waals surface area contributed by atoms with Gasteiger partial charge in [-0.2, -0.15) is 5.26 Å². The van der Waals surface area contributed by atoms with Gasteiger partial charge < -0.3 is 10.1 Å². The van der Waals surface area contributed by atoms with E-state index in [1.807, 2.05) is 6.07 Å². The smallest absolute Gasteiger partial charge is 0.329 e. The molecule has 0 aromatic carbocycles. The van der Waals surface area contributed by atoms with Crippen LogP contribution in [0.1, 0.15) is 53.4 Å². The molecule has 0 unspecified atom stereocenters. The van der Waals surface area contributed by atoms with E-state index >= 15 is 0 Å². The molecule has 3 amide bonds. The molecule has 1 saturated heterocycles. The molecule has 0 aromatic rings. The molecule has 0 aromatic heterocycles. The number of nitrogens with one attached hydrogen (secondary N) is 1. The lowest BCUT2D eigenvalue weighted by Gasteiger charge is -2.27. The van der Waals surface area contributed by atoms with Crippen LogP contribution in [-0.4, -0.2) is 46.8 Å². The van der Waals surface area contributed by atoms with Crippen molar-refractivity contribution in [1.29, 1.82) is 5.26 Å². The van der Waals surface area contributed by atoms with E-state index in [1.54, 1.807) is 20.8 Å². The van der Waals surface area contributed by atoms with Crippen molar-refractivity contribution in [3.05, 3.63) is 0 Å². The van der Waals surface area contributed by atoms with E-state index in [-0.39, 0.29) is 29.6 Å². The van der Waals surface area contributed by atoms with Crippen molar-refractivity contribution in [1.82, 2.24) is 10.2 Å². The summed E-state index contributed by atoms with van der Waals surface area (Å²) in [5.74, 6) is -2.88. The van der Waals surface area contributed by atoms with E-state index in [2.05, 4.69) is 5.32 Å². The number of nitriles is 1. The van der Waals surface area contributed by atoms with Gasteiger partial charge in [0.25, 0.3) is 5.91 Å². The van der Waals surface area contributed by atoms with Gasteiger partial charge in [0.05, 0.1) is 17.9 Å². The predicted octanol–water partition coefficient (Wildman–Crippen LogP) is 1.15. The molecule has 1 aliphatic heterocycles. The topological polar surface area (TPSA) is 117 Å². The fraction of sp³-hybridized carbons (Fsp3) is 0.737. The Morgan fingerprint density at radius 2 is 1.74 bits per heavy atom. The quantitative estimate of drug-likeness (QED) is 0.548. The third-order valence-electron chi connectivity index (χ3n) is 5.74. The Kier molecular flexibility index (Phi) is 6.24. The molecular weight excluding hydrogens is 350 g/mol. The molecule has 8 heteroatoms. The van der Waals surface area contributed by atoms with Crippen LogP contribution in [0.5, 0.6) is 0 Å². The van der Waals surface area contributed by atoms with Gasteiger partial charge in [-0.1, -0.05) is 26.7 Å². The van der Waals surface area contributed by atoms with Crippen LogP contribution in [0.15, 0.2) is 0 Å². The highest BCUT2D eigenvalue weighted by molar-refractivity contribution is 6.07. The summed E-state index contributed by atoms with van der Waals surface area (Å²) in [7, 11) is 0. The van der Waals surface area contributed by atoms with E-state index in [4.69, 9.17) is 4.74 Å². The zero-order chi connectivity index (χ0) is 20.4. The maximum absolute atomic E-state index is 12.5. The van der Waals surface area contributed by atoms with E-state index in [9.17, 15) is 24.4 Å². The number of imide groups is 1. The summed E-state index contributed by atoms with van der Waals surface area (Å²) in [6.07, 6.45) is 3.14. The zero-order valence-electron chi connectivity index (χ0n) is 16.3. The molecule has 1 heterocycles. The second-order valence-electron chi connectivity index (χ2n) is 7.84. The molecule has 1 saturated carbocycles. The fourth-order valence-corrected chi connectivity index (χ4v) is 3.56. The van der Waals surface area contributed by atoms with Gasteiger partial charge in [-0.05, 0) is 32.6 Å². The Balaban J connectivity index is 1.94. The third kappa shape index (κ3) is 4.12. The minimum atomic E-state index is -1.08. The minimum Gasteiger partial charge on any atom is -0.454 e. The van der Waals surface area contributed by atoms with E-state index in [0.29, 0.717) is 12.8 Å². The SMILES string of the molecule is CC(C)[C@](C)(C#N)NC(=O)COC(=O)[C@H](C)N1C(=O)[C@H]2CCCC[C@@H]2C1=O. The summed E-state index contributed by atoms with van der Waals surface area (Å²) in [5.41, 5.74) is -1.08. The first kappa shape index (κ1) is 20.9. The van der Waals surface area contributed by atoms with Crippen LogP contribution in [-0.2, 0) is 23.9 Å². The number of carbonyl (C=O) groups is 4. The zero-order valence-corrected chi connectivity index (χ0v) is 16.3. The van der Waals surface area contributed by atoms with Gasteiger partial charge in [-0.3, -0.25) is 19.3 Å². The summed E-state index contributed by atoms with van der Waals surface area (Å²) < 4.78 is 4.99. The number of nitrogens with zero attached hydrogens (tertiary/aromatic N) is 2. The highest BCUT2D eigenvalue weighted by Crippen LogP contribution is 2.38. The number of hydrogen-bond donors (Lipinski definition) is 1. The molecular formula is C19H27N3O5. The number of likely N-dealkylation sites (tertiary alicyclic amines) is 1. The Bertz CT molecular complexity index is 659. The summed E-state index contributed by atoms with van der Waals surface area (Å²) in [4.78, 5) is 50.3. The van der Waals surface area contributed by atoms with Crippen molar-refractivity contribution in [2.75, 3.05) is 6.61 Å². The number of carbonyl (C=O) groups excluding carboxylic acids is 4. The lowest BCUT2D eigenvalue weighted by molar-refractivity contribution is -0.159. The molecule has 0 spiro atoms. The number of esters is 1. The lowest BCUT2D eigenvalue weighted by Crippen LogP contribution is -2.51. The van der Waals surface area contributed by atoms with Crippen LogP contribution in [0, 0.1) is 29.1 Å². The summed E-state index contributed by atoms with van der Waals surface area (Å²) in [5, 5.41) is 11.8. The maximum Gasteiger partial charge on any atom is 0.329 e. The monoisotopic (exact) mass is 377 g/mol. The van der Waals surface area contributed by atoms with Crippen LogP contribution in [0.25, 0.3) is 0 Å². The molecule has 0 radical (unpaired) electrons. The second-order valence-corrected chi connectivity index (χ2v) is 7.84. The van der Waals surface area contributed by atoms with Gasteiger partial charge in [-0.15, -0.1) is 0 Å². The molecule has 148 valence electrons. The summed E-state index contributed by atoms with van der Waals surface area (Å²) in [6, 6.07) is 0.961. The molecule has 2 aliphatic rings. The number of amides is 3. The van der Waals surface area contributed by atoms with Crippen molar-refractivity contribution < 1.29 is 23.9 Å². The van der Waals surface area contributed by atoms with E-state index in [1.165, 1.54) is 6.92 Å². The first-order valence-electron chi connectivity index (χ1n) is 9.38. The first-order chi connectivity index (χ1) is 12.6. The van der Waals surface area contributed by atoms with Crippen LogP contribution >= 0.6 is 0 Å². The lowest BCUT2D eigenvalue weighted by atomic mass is 9.81. The average Bonchev–Trinajstić information content (AvgIpc) is 2.90. The Morgan fingerprint density at radius 3 is 2.19 bits per heavy atom. The van der Waals surface area contributed by atoms with Crippen LogP contribution < -0.4 is 5.32 Å². The normalized spacial score (nSPS) is 25.4. The van der Waals surface area contributed by atoms with E-state index in [0.717, 1.165) is 17.7 Å².